The van der Waals surface area contributed by atoms with E-state index in [0.29, 0.717) is 6.42 Å². The first-order valence-electron chi connectivity index (χ1n) is 6.08. The van der Waals surface area contributed by atoms with Crippen LogP contribution in [0, 0.1) is 0 Å². The molecule has 1 rings (SSSR count). The van der Waals surface area contributed by atoms with Crippen LogP contribution >= 0.6 is 0 Å². The normalized spacial score (nSPS) is 22.2. The average molecular weight is 261 g/mol. The number of nitrogens with zero attached hydrogens (tertiary/aromatic N) is 1. The lowest BCUT2D eigenvalue weighted by atomic mass is 9.95. The molecule has 100 valence electrons. The van der Waals surface area contributed by atoms with Crippen molar-refractivity contribution < 1.29 is 9.00 Å². The highest BCUT2D eigenvalue weighted by Crippen LogP contribution is 2.11. The Morgan fingerprint density at radius 3 is 2.47 bits per heavy atom. The zero-order valence-corrected chi connectivity index (χ0v) is 11.3. The maximum absolute atomic E-state index is 11.2. The molecule has 0 aromatic rings. The second-order valence-electron chi connectivity index (χ2n) is 4.93. The Morgan fingerprint density at radius 2 is 1.94 bits per heavy atom. The number of rotatable bonds is 6. The van der Waals surface area contributed by atoms with E-state index >= 15 is 0 Å². The average Bonchev–Trinajstić information content (AvgIpc) is 2.26. The van der Waals surface area contributed by atoms with Crippen LogP contribution in [0.2, 0.25) is 0 Å². The minimum atomic E-state index is -0.886. The Morgan fingerprint density at radius 1 is 1.35 bits per heavy atom. The molecule has 0 aromatic heterocycles. The van der Waals surface area contributed by atoms with Crippen molar-refractivity contribution in [3.63, 3.8) is 0 Å². The molecule has 1 amide bonds. The van der Waals surface area contributed by atoms with Crippen molar-refractivity contribution in [1.82, 2.24) is 4.90 Å². The van der Waals surface area contributed by atoms with E-state index in [1.54, 1.807) is 6.92 Å². The molecule has 5 nitrogen and oxygen atoms in total. The minimum Gasteiger partial charge on any atom is -0.368 e. The Kier molecular flexibility index (Phi) is 5.55. The molecule has 0 saturated carbocycles. The predicted molar refractivity (Wildman–Crippen MR) is 70.0 cm³/mol. The Labute approximate surface area is 105 Å². The zero-order chi connectivity index (χ0) is 12.9. The highest BCUT2D eigenvalue weighted by Gasteiger charge is 2.24. The monoisotopic (exact) mass is 261 g/mol. The fraction of sp³-hybridized carbons (Fsp3) is 0.909. The molecule has 6 heteroatoms. The SMILES string of the molecule is CC(N)(CCCCN1CCS(=O)CC1)C(N)=O. The third-order valence-corrected chi connectivity index (χ3v) is 4.53. The summed E-state index contributed by atoms with van der Waals surface area (Å²) in [4.78, 5) is 13.3. The van der Waals surface area contributed by atoms with Crippen LogP contribution < -0.4 is 11.5 Å². The number of hydrogen-bond donors (Lipinski definition) is 2. The summed E-state index contributed by atoms with van der Waals surface area (Å²) in [5.41, 5.74) is 10.1. The molecule has 0 spiro atoms. The van der Waals surface area contributed by atoms with Gasteiger partial charge in [-0.25, -0.2) is 0 Å². The van der Waals surface area contributed by atoms with Gasteiger partial charge in [0.15, 0.2) is 0 Å². The largest absolute Gasteiger partial charge is 0.368 e. The van der Waals surface area contributed by atoms with Crippen LogP contribution in [-0.2, 0) is 15.6 Å². The highest BCUT2D eigenvalue weighted by atomic mass is 32.2. The number of hydrogen-bond acceptors (Lipinski definition) is 4. The summed E-state index contributed by atoms with van der Waals surface area (Å²) in [7, 11) is -0.611. The predicted octanol–water partition coefficient (Wildman–Crippen LogP) is -0.576. The van der Waals surface area contributed by atoms with E-state index in [4.69, 9.17) is 11.5 Å². The first-order chi connectivity index (χ1) is 7.92. The zero-order valence-electron chi connectivity index (χ0n) is 10.5. The van der Waals surface area contributed by atoms with E-state index in [2.05, 4.69) is 4.90 Å². The fourth-order valence-corrected chi connectivity index (χ4v) is 2.98. The lowest BCUT2D eigenvalue weighted by molar-refractivity contribution is -0.122. The number of carbonyl (C=O) groups excluding carboxylic acids is 1. The molecule has 1 saturated heterocycles. The molecule has 1 aliphatic rings. The van der Waals surface area contributed by atoms with Gasteiger partial charge in [-0.05, 0) is 32.7 Å². The van der Waals surface area contributed by atoms with Gasteiger partial charge in [0.05, 0.1) is 5.54 Å². The van der Waals surface area contributed by atoms with E-state index in [1.165, 1.54) is 0 Å². The second kappa shape index (κ2) is 6.47. The van der Waals surface area contributed by atoms with Gasteiger partial charge in [-0.3, -0.25) is 9.00 Å². The van der Waals surface area contributed by atoms with Gasteiger partial charge in [0, 0.05) is 35.4 Å². The van der Waals surface area contributed by atoms with Gasteiger partial charge in [0.25, 0.3) is 0 Å². The van der Waals surface area contributed by atoms with Crippen LogP contribution in [0.5, 0.6) is 0 Å². The Hall–Kier alpha value is -0.460. The van der Waals surface area contributed by atoms with Crippen LogP contribution in [0.1, 0.15) is 26.2 Å². The fourth-order valence-electron chi connectivity index (χ4n) is 1.85. The quantitative estimate of drug-likeness (QED) is 0.626. The van der Waals surface area contributed by atoms with E-state index < -0.39 is 22.2 Å². The third kappa shape index (κ3) is 5.14. The van der Waals surface area contributed by atoms with Crippen LogP contribution in [0.15, 0.2) is 0 Å². The lowest BCUT2D eigenvalue weighted by Crippen LogP contribution is -2.49. The number of carbonyl (C=O) groups is 1. The molecule has 1 aliphatic heterocycles. The molecule has 17 heavy (non-hydrogen) atoms. The van der Waals surface area contributed by atoms with Gasteiger partial charge in [0.2, 0.25) is 5.91 Å². The van der Waals surface area contributed by atoms with E-state index in [9.17, 15) is 9.00 Å². The highest BCUT2D eigenvalue weighted by molar-refractivity contribution is 7.85. The molecule has 4 N–H and O–H groups in total. The first-order valence-corrected chi connectivity index (χ1v) is 7.57. The number of nitrogens with two attached hydrogens (primary N) is 2. The second-order valence-corrected chi connectivity index (χ2v) is 6.62. The molecule has 0 aliphatic carbocycles. The molecule has 1 atom stereocenters. The lowest BCUT2D eigenvalue weighted by Gasteiger charge is -2.26. The molecule has 1 fully saturated rings. The van der Waals surface area contributed by atoms with Crippen LogP contribution in [0.4, 0.5) is 0 Å². The van der Waals surface area contributed by atoms with E-state index in [-0.39, 0.29) is 0 Å². The molecule has 0 bridgehead atoms. The van der Waals surface area contributed by atoms with Crippen molar-refractivity contribution in [3.05, 3.63) is 0 Å². The van der Waals surface area contributed by atoms with Crippen molar-refractivity contribution in [1.29, 1.82) is 0 Å². The molecule has 0 radical (unpaired) electrons. The molecular formula is C11H23N3O2S. The van der Waals surface area contributed by atoms with Gasteiger partial charge in [-0.1, -0.05) is 0 Å². The van der Waals surface area contributed by atoms with Crippen LogP contribution in [0.25, 0.3) is 0 Å². The Bertz CT molecular complexity index is 284. The summed E-state index contributed by atoms with van der Waals surface area (Å²) < 4.78 is 11.2. The van der Waals surface area contributed by atoms with Gasteiger partial charge < -0.3 is 16.4 Å². The molecule has 1 unspecified atom stereocenters. The third-order valence-electron chi connectivity index (χ3n) is 3.25. The van der Waals surface area contributed by atoms with E-state index in [0.717, 1.165) is 44.0 Å². The maximum atomic E-state index is 11.2. The van der Waals surface area contributed by atoms with Crippen molar-refractivity contribution >= 4 is 16.7 Å². The molecule has 0 aromatic carbocycles. The van der Waals surface area contributed by atoms with Crippen molar-refractivity contribution in [2.45, 2.75) is 31.7 Å². The van der Waals surface area contributed by atoms with Crippen molar-refractivity contribution in [2.24, 2.45) is 11.5 Å². The van der Waals surface area contributed by atoms with Crippen LogP contribution in [-0.4, -0.2) is 51.7 Å². The summed E-state index contributed by atoms with van der Waals surface area (Å²) in [5.74, 6) is 1.14. The number of unbranched alkanes of at least 4 members (excludes halogenated alkanes) is 1. The first kappa shape index (κ1) is 14.6. The summed E-state index contributed by atoms with van der Waals surface area (Å²) in [5, 5.41) is 0. The standard InChI is InChI=1S/C11H23N3O2S/c1-11(13,10(12)15)4-2-3-5-14-6-8-17(16)9-7-14/h2-9,13H2,1H3,(H2,12,15). The van der Waals surface area contributed by atoms with Gasteiger partial charge in [-0.2, -0.15) is 0 Å². The van der Waals surface area contributed by atoms with E-state index in [1.807, 2.05) is 0 Å². The topological polar surface area (TPSA) is 89.4 Å². The summed E-state index contributed by atoms with van der Waals surface area (Å²) in [6.07, 6.45) is 2.53. The van der Waals surface area contributed by atoms with Crippen molar-refractivity contribution in [3.8, 4) is 0 Å². The number of amides is 1. The maximum Gasteiger partial charge on any atom is 0.237 e. The van der Waals surface area contributed by atoms with Crippen molar-refractivity contribution in [2.75, 3.05) is 31.1 Å². The Balaban J connectivity index is 2.12. The summed E-state index contributed by atoms with van der Waals surface area (Å²) >= 11 is 0. The summed E-state index contributed by atoms with van der Waals surface area (Å²) in [6.45, 7) is 4.51. The van der Waals surface area contributed by atoms with Gasteiger partial charge in [-0.15, -0.1) is 0 Å². The molecule has 1 heterocycles. The van der Waals surface area contributed by atoms with Gasteiger partial charge >= 0.3 is 0 Å². The van der Waals surface area contributed by atoms with Gasteiger partial charge in [0.1, 0.15) is 0 Å². The number of primary amides is 1. The summed E-state index contributed by atoms with van der Waals surface area (Å²) in [6, 6.07) is 0. The smallest absolute Gasteiger partial charge is 0.237 e. The van der Waals surface area contributed by atoms with Crippen LogP contribution in [0.3, 0.4) is 0 Å². The minimum absolute atomic E-state index is 0.439. The molecular weight excluding hydrogens is 238 g/mol.